The molecule has 4 nitrogen and oxygen atoms in total. The van der Waals surface area contributed by atoms with E-state index in [0.29, 0.717) is 6.61 Å². The molecule has 1 N–H and O–H groups in total. The first-order valence-electron chi connectivity index (χ1n) is 5.77. The summed E-state index contributed by atoms with van der Waals surface area (Å²) < 4.78 is 10.1. The van der Waals surface area contributed by atoms with Crippen molar-refractivity contribution in [1.82, 2.24) is 5.32 Å². The van der Waals surface area contributed by atoms with Crippen LogP contribution in [0.15, 0.2) is 36.4 Å². The second-order valence-corrected chi connectivity index (χ2v) is 4.27. The van der Waals surface area contributed by atoms with Crippen LogP contribution in [0.1, 0.15) is 11.6 Å². The molecule has 1 heterocycles. The lowest BCUT2D eigenvalue weighted by Crippen LogP contribution is -2.18. The Labute approximate surface area is 105 Å². The van der Waals surface area contributed by atoms with Crippen LogP contribution >= 0.6 is 0 Å². The number of ether oxygens (including phenoxy) is 2. The van der Waals surface area contributed by atoms with Crippen molar-refractivity contribution in [3.05, 3.63) is 42.0 Å². The standard InChI is InChI=1S/C14H13NO3/c1-17-12-5-4-9-6-11(3-2-10(9)7-12)13-8-18-14(16)15-13/h2-7,13H,8H2,1H3,(H,15,16). The Morgan fingerprint density at radius 2 is 2.00 bits per heavy atom. The Balaban J connectivity index is 1.98. The van der Waals surface area contributed by atoms with Gasteiger partial charge in [-0.15, -0.1) is 0 Å². The Morgan fingerprint density at radius 3 is 2.72 bits per heavy atom. The molecule has 0 radical (unpaired) electrons. The summed E-state index contributed by atoms with van der Waals surface area (Å²) in [5.74, 6) is 0.841. The predicted molar refractivity (Wildman–Crippen MR) is 67.7 cm³/mol. The fourth-order valence-corrected chi connectivity index (χ4v) is 2.15. The zero-order valence-electron chi connectivity index (χ0n) is 9.97. The number of hydrogen-bond donors (Lipinski definition) is 1. The van der Waals surface area contributed by atoms with Crippen molar-refractivity contribution in [2.75, 3.05) is 13.7 Å². The molecule has 1 atom stereocenters. The molecular weight excluding hydrogens is 230 g/mol. The van der Waals surface area contributed by atoms with E-state index in [1.807, 2.05) is 30.3 Å². The summed E-state index contributed by atoms with van der Waals surface area (Å²) in [5.41, 5.74) is 1.05. The van der Waals surface area contributed by atoms with E-state index in [4.69, 9.17) is 9.47 Å². The molecule has 2 aromatic rings. The van der Waals surface area contributed by atoms with E-state index in [0.717, 1.165) is 22.1 Å². The summed E-state index contributed by atoms with van der Waals surface area (Å²) in [6, 6.07) is 12.0. The van der Waals surface area contributed by atoms with Crippen molar-refractivity contribution in [1.29, 1.82) is 0 Å². The van der Waals surface area contributed by atoms with Crippen molar-refractivity contribution in [2.45, 2.75) is 6.04 Å². The molecule has 0 spiro atoms. The third kappa shape index (κ3) is 1.86. The molecule has 3 rings (SSSR count). The molecule has 1 aliphatic heterocycles. The van der Waals surface area contributed by atoms with Crippen LogP contribution in [0.5, 0.6) is 5.75 Å². The quantitative estimate of drug-likeness (QED) is 0.882. The maximum absolute atomic E-state index is 11.0. The first-order chi connectivity index (χ1) is 8.76. The number of rotatable bonds is 2. The number of fused-ring (bicyclic) bond motifs is 1. The number of methoxy groups -OCH3 is 1. The van der Waals surface area contributed by atoms with Crippen molar-refractivity contribution in [3.63, 3.8) is 0 Å². The molecule has 0 aliphatic carbocycles. The van der Waals surface area contributed by atoms with E-state index in [1.165, 1.54) is 0 Å². The van der Waals surface area contributed by atoms with Crippen LogP contribution < -0.4 is 10.1 Å². The number of nitrogens with one attached hydrogen (secondary N) is 1. The SMILES string of the molecule is COc1ccc2cc(C3COC(=O)N3)ccc2c1. The van der Waals surface area contributed by atoms with E-state index in [2.05, 4.69) is 11.4 Å². The second-order valence-electron chi connectivity index (χ2n) is 4.27. The first kappa shape index (κ1) is 10.9. The third-order valence-corrected chi connectivity index (χ3v) is 3.15. The average Bonchev–Trinajstić information content (AvgIpc) is 2.84. The highest BCUT2D eigenvalue weighted by molar-refractivity contribution is 5.85. The van der Waals surface area contributed by atoms with E-state index in [9.17, 15) is 4.79 Å². The highest BCUT2D eigenvalue weighted by Crippen LogP contribution is 2.25. The fourth-order valence-electron chi connectivity index (χ4n) is 2.15. The second kappa shape index (κ2) is 4.22. The van der Waals surface area contributed by atoms with E-state index in [1.54, 1.807) is 7.11 Å². The molecule has 0 aromatic heterocycles. The number of hydrogen-bond acceptors (Lipinski definition) is 3. The molecule has 1 fully saturated rings. The minimum Gasteiger partial charge on any atom is -0.497 e. The number of alkyl carbamates (subject to hydrolysis) is 1. The van der Waals surface area contributed by atoms with Crippen LogP contribution in [-0.4, -0.2) is 19.8 Å². The molecule has 1 unspecified atom stereocenters. The molecule has 1 amide bonds. The Morgan fingerprint density at radius 1 is 1.22 bits per heavy atom. The summed E-state index contributed by atoms with van der Waals surface area (Å²) in [7, 11) is 1.65. The highest BCUT2D eigenvalue weighted by atomic mass is 16.6. The molecule has 0 bridgehead atoms. The van der Waals surface area contributed by atoms with Crippen LogP contribution in [0.3, 0.4) is 0 Å². The Hall–Kier alpha value is -2.23. The zero-order chi connectivity index (χ0) is 12.5. The van der Waals surface area contributed by atoms with Crippen molar-refractivity contribution < 1.29 is 14.3 Å². The maximum Gasteiger partial charge on any atom is 0.407 e. The number of carbonyl (C=O) groups excluding carboxylic acids is 1. The van der Waals surface area contributed by atoms with Crippen molar-refractivity contribution in [3.8, 4) is 5.75 Å². The van der Waals surface area contributed by atoms with Crippen molar-refractivity contribution in [2.24, 2.45) is 0 Å². The first-order valence-corrected chi connectivity index (χ1v) is 5.77. The maximum atomic E-state index is 11.0. The lowest BCUT2D eigenvalue weighted by molar-refractivity contribution is 0.177. The van der Waals surface area contributed by atoms with E-state index in [-0.39, 0.29) is 12.1 Å². The highest BCUT2D eigenvalue weighted by Gasteiger charge is 2.23. The lowest BCUT2D eigenvalue weighted by atomic mass is 10.0. The minimum atomic E-state index is -0.352. The fraction of sp³-hybridized carbons (Fsp3) is 0.214. The van der Waals surface area contributed by atoms with Gasteiger partial charge in [0.05, 0.1) is 13.2 Å². The molecule has 92 valence electrons. The van der Waals surface area contributed by atoms with Crippen LogP contribution in [0.2, 0.25) is 0 Å². The largest absolute Gasteiger partial charge is 0.497 e. The van der Waals surface area contributed by atoms with Gasteiger partial charge in [0.15, 0.2) is 0 Å². The van der Waals surface area contributed by atoms with Gasteiger partial charge in [0, 0.05) is 0 Å². The molecule has 0 saturated carbocycles. The Bertz CT molecular complexity index is 609. The summed E-state index contributed by atoms with van der Waals surface area (Å²) in [5, 5.41) is 5.01. The molecule has 1 aliphatic rings. The van der Waals surface area contributed by atoms with Gasteiger partial charge in [-0.25, -0.2) is 4.79 Å². The minimum absolute atomic E-state index is 0.0519. The van der Waals surface area contributed by atoms with Gasteiger partial charge in [-0.2, -0.15) is 0 Å². The van der Waals surface area contributed by atoms with Gasteiger partial charge in [0.2, 0.25) is 0 Å². The van der Waals surface area contributed by atoms with Gasteiger partial charge < -0.3 is 14.8 Å². The molecule has 18 heavy (non-hydrogen) atoms. The molecule has 2 aromatic carbocycles. The molecule has 1 saturated heterocycles. The van der Waals surface area contributed by atoms with Gasteiger partial charge in [0.25, 0.3) is 0 Å². The van der Waals surface area contributed by atoms with Gasteiger partial charge in [-0.3, -0.25) is 0 Å². The summed E-state index contributed by atoms with van der Waals surface area (Å²) in [6.07, 6.45) is -0.352. The van der Waals surface area contributed by atoms with Crippen LogP contribution in [0, 0.1) is 0 Å². The molecular formula is C14H13NO3. The average molecular weight is 243 g/mol. The summed E-state index contributed by atoms with van der Waals surface area (Å²) in [4.78, 5) is 11.0. The predicted octanol–water partition coefficient (Wildman–Crippen LogP) is 2.63. The number of carbonyl (C=O) groups is 1. The third-order valence-electron chi connectivity index (χ3n) is 3.15. The molecule has 4 heteroatoms. The Kier molecular flexibility index (Phi) is 2.55. The van der Waals surface area contributed by atoms with Crippen molar-refractivity contribution >= 4 is 16.9 Å². The monoisotopic (exact) mass is 243 g/mol. The number of benzene rings is 2. The lowest BCUT2D eigenvalue weighted by Gasteiger charge is -2.09. The van der Waals surface area contributed by atoms with Crippen LogP contribution in [-0.2, 0) is 4.74 Å². The van der Waals surface area contributed by atoms with E-state index < -0.39 is 0 Å². The normalized spacial score (nSPS) is 18.5. The topological polar surface area (TPSA) is 47.6 Å². The smallest absolute Gasteiger partial charge is 0.407 e. The summed E-state index contributed by atoms with van der Waals surface area (Å²) >= 11 is 0. The van der Waals surface area contributed by atoms with Gasteiger partial charge in [-0.1, -0.05) is 18.2 Å². The number of amides is 1. The van der Waals surface area contributed by atoms with E-state index >= 15 is 0 Å². The zero-order valence-corrected chi connectivity index (χ0v) is 9.97. The van der Waals surface area contributed by atoms with Crippen LogP contribution in [0.25, 0.3) is 10.8 Å². The van der Waals surface area contributed by atoms with Crippen LogP contribution in [0.4, 0.5) is 4.79 Å². The summed E-state index contributed by atoms with van der Waals surface area (Å²) in [6.45, 7) is 0.389. The van der Waals surface area contributed by atoms with Gasteiger partial charge in [0.1, 0.15) is 12.4 Å². The van der Waals surface area contributed by atoms with Gasteiger partial charge >= 0.3 is 6.09 Å². The van der Waals surface area contributed by atoms with Gasteiger partial charge in [-0.05, 0) is 34.5 Å². The number of cyclic esters (lactones) is 1.